The Labute approximate surface area is 113 Å². The second-order valence-corrected chi connectivity index (χ2v) is 4.91. The standard InChI is InChI=1S/C14H20N2O3/c1-9(2)6-7-15-13(18)14(19)16-11-5-4-10(3)8-12(11)17/h4-5,8-9,17H,6-7H2,1-3H3,(H,15,18)(H,16,19). The zero-order chi connectivity index (χ0) is 14.4. The van der Waals surface area contributed by atoms with Crippen molar-refractivity contribution in [1.29, 1.82) is 0 Å². The van der Waals surface area contributed by atoms with E-state index in [0.717, 1.165) is 12.0 Å². The Morgan fingerprint density at radius 2 is 1.95 bits per heavy atom. The monoisotopic (exact) mass is 264 g/mol. The van der Waals surface area contributed by atoms with Gasteiger partial charge in [-0.25, -0.2) is 0 Å². The molecule has 0 fully saturated rings. The number of carbonyl (C=O) groups excluding carboxylic acids is 2. The van der Waals surface area contributed by atoms with Crippen LogP contribution >= 0.6 is 0 Å². The third kappa shape index (κ3) is 4.99. The van der Waals surface area contributed by atoms with Gasteiger partial charge in [0, 0.05) is 6.54 Å². The fourth-order valence-electron chi connectivity index (χ4n) is 1.48. The first-order chi connectivity index (χ1) is 8.90. The van der Waals surface area contributed by atoms with Gasteiger partial charge < -0.3 is 15.7 Å². The van der Waals surface area contributed by atoms with Crippen molar-refractivity contribution in [3.8, 4) is 5.75 Å². The molecule has 0 aliphatic heterocycles. The summed E-state index contributed by atoms with van der Waals surface area (Å²) in [6.45, 7) is 6.36. The van der Waals surface area contributed by atoms with Crippen LogP contribution < -0.4 is 10.6 Å². The first kappa shape index (κ1) is 15.0. The molecular formula is C14H20N2O3. The topological polar surface area (TPSA) is 78.4 Å². The average molecular weight is 264 g/mol. The number of hydrogen-bond acceptors (Lipinski definition) is 3. The Bertz CT molecular complexity index is 470. The molecule has 0 aromatic heterocycles. The van der Waals surface area contributed by atoms with Crippen LogP contribution in [0.3, 0.4) is 0 Å². The van der Waals surface area contributed by atoms with E-state index in [-0.39, 0.29) is 11.4 Å². The van der Waals surface area contributed by atoms with E-state index in [1.165, 1.54) is 6.07 Å². The van der Waals surface area contributed by atoms with Crippen molar-refractivity contribution in [3.05, 3.63) is 23.8 Å². The second-order valence-electron chi connectivity index (χ2n) is 4.91. The van der Waals surface area contributed by atoms with Gasteiger partial charge in [0.2, 0.25) is 0 Å². The fraction of sp³-hybridized carbons (Fsp3) is 0.429. The van der Waals surface area contributed by atoms with Gasteiger partial charge in [-0.1, -0.05) is 19.9 Å². The maximum absolute atomic E-state index is 11.6. The average Bonchev–Trinajstić information content (AvgIpc) is 2.32. The summed E-state index contributed by atoms with van der Waals surface area (Å²) in [5, 5.41) is 14.5. The number of rotatable bonds is 4. The van der Waals surface area contributed by atoms with E-state index in [9.17, 15) is 14.7 Å². The molecule has 0 saturated carbocycles. The van der Waals surface area contributed by atoms with Crippen LogP contribution in [0, 0.1) is 12.8 Å². The molecule has 0 atom stereocenters. The van der Waals surface area contributed by atoms with Crippen LogP contribution in [0.5, 0.6) is 5.75 Å². The molecule has 0 radical (unpaired) electrons. The Kier molecular flexibility index (Phi) is 5.36. The summed E-state index contributed by atoms with van der Waals surface area (Å²) in [6.07, 6.45) is 0.814. The predicted molar refractivity (Wildman–Crippen MR) is 73.9 cm³/mol. The van der Waals surface area contributed by atoms with Gasteiger partial charge in [-0.15, -0.1) is 0 Å². The Hall–Kier alpha value is -2.04. The highest BCUT2D eigenvalue weighted by Crippen LogP contribution is 2.23. The molecule has 0 heterocycles. The van der Waals surface area contributed by atoms with Crippen LogP contribution in [0.4, 0.5) is 5.69 Å². The molecule has 0 bridgehead atoms. The van der Waals surface area contributed by atoms with Gasteiger partial charge in [0.1, 0.15) is 5.75 Å². The van der Waals surface area contributed by atoms with Gasteiger partial charge in [0.05, 0.1) is 5.69 Å². The smallest absolute Gasteiger partial charge is 0.313 e. The maximum Gasteiger partial charge on any atom is 0.313 e. The molecule has 3 N–H and O–H groups in total. The zero-order valence-corrected chi connectivity index (χ0v) is 11.5. The lowest BCUT2D eigenvalue weighted by atomic mass is 10.1. The second kappa shape index (κ2) is 6.78. The fourth-order valence-corrected chi connectivity index (χ4v) is 1.48. The van der Waals surface area contributed by atoms with Crippen molar-refractivity contribution in [2.24, 2.45) is 5.92 Å². The number of anilines is 1. The number of amides is 2. The minimum atomic E-state index is -0.775. The van der Waals surface area contributed by atoms with Crippen molar-refractivity contribution in [3.63, 3.8) is 0 Å². The van der Waals surface area contributed by atoms with Crippen molar-refractivity contribution in [2.45, 2.75) is 27.2 Å². The van der Waals surface area contributed by atoms with Crippen LogP contribution in [-0.4, -0.2) is 23.5 Å². The molecule has 2 amide bonds. The minimum absolute atomic E-state index is 0.0525. The van der Waals surface area contributed by atoms with E-state index in [0.29, 0.717) is 12.5 Å². The maximum atomic E-state index is 11.6. The number of aromatic hydroxyl groups is 1. The van der Waals surface area contributed by atoms with Crippen molar-refractivity contribution < 1.29 is 14.7 Å². The van der Waals surface area contributed by atoms with Gasteiger partial charge in [-0.3, -0.25) is 9.59 Å². The SMILES string of the molecule is Cc1ccc(NC(=O)C(=O)NCCC(C)C)c(O)c1. The predicted octanol–water partition coefficient (Wildman–Crippen LogP) is 1.80. The lowest BCUT2D eigenvalue weighted by Crippen LogP contribution is -2.36. The number of hydrogen-bond donors (Lipinski definition) is 3. The molecule has 1 rings (SSSR count). The molecule has 0 aliphatic rings. The first-order valence-corrected chi connectivity index (χ1v) is 6.29. The van der Waals surface area contributed by atoms with E-state index >= 15 is 0 Å². The van der Waals surface area contributed by atoms with Gasteiger partial charge in [-0.2, -0.15) is 0 Å². The van der Waals surface area contributed by atoms with Crippen LogP contribution in [-0.2, 0) is 9.59 Å². The number of phenolic OH excluding ortho intramolecular Hbond substituents is 1. The van der Waals surface area contributed by atoms with Crippen LogP contribution in [0.1, 0.15) is 25.8 Å². The molecular weight excluding hydrogens is 244 g/mol. The molecule has 19 heavy (non-hydrogen) atoms. The molecule has 104 valence electrons. The van der Waals surface area contributed by atoms with Gasteiger partial charge in [0.25, 0.3) is 0 Å². The van der Waals surface area contributed by atoms with E-state index < -0.39 is 11.8 Å². The summed E-state index contributed by atoms with van der Waals surface area (Å²) in [6, 6.07) is 4.82. The van der Waals surface area contributed by atoms with Crippen molar-refractivity contribution in [2.75, 3.05) is 11.9 Å². The summed E-state index contributed by atoms with van der Waals surface area (Å²) >= 11 is 0. The Balaban J connectivity index is 2.52. The molecule has 1 aromatic rings. The minimum Gasteiger partial charge on any atom is -0.506 e. The third-order valence-electron chi connectivity index (χ3n) is 2.61. The van der Waals surface area contributed by atoms with Gasteiger partial charge >= 0.3 is 11.8 Å². The van der Waals surface area contributed by atoms with Gasteiger partial charge in [0.15, 0.2) is 0 Å². The van der Waals surface area contributed by atoms with E-state index in [1.807, 2.05) is 20.8 Å². The molecule has 0 aliphatic carbocycles. The lowest BCUT2D eigenvalue weighted by Gasteiger charge is -2.09. The quantitative estimate of drug-likeness (QED) is 0.573. The summed E-state index contributed by atoms with van der Waals surface area (Å²) in [5.74, 6) is -1.06. The number of aryl methyl sites for hydroxylation is 1. The van der Waals surface area contributed by atoms with E-state index in [2.05, 4.69) is 10.6 Å². The molecule has 0 spiro atoms. The number of phenols is 1. The largest absolute Gasteiger partial charge is 0.506 e. The van der Waals surface area contributed by atoms with Crippen molar-refractivity contribution >= 4 is 17.5 Å². The number of carbonyl (C=O) groups is 2. The molecule has 1 aromatic carbocycles. The highest BCUT2D eigenvalue weighted by Gasteiger charge is 2.14. The molecule has 0 unspecified atom stereocenters. The summed E-state index contributed by atoms with van der Waals surface area (Å²) in [7, 11) is 0. The van der Waals surface area contributed by atoms with E-state index in [4.69, 9.17) is 0 Å². The number of benzene rings is 1. The summed E-state index contributed by atoms with van der Waals surface area (Å²) in [4.78, 5) is 23.1. The summed E-state index contributed by atoms with van der Waals surface area (Å²) in [5.41, 5.74) is 1.10. The molecule has 5 nitrogen and oxygen atoms in total. The first-order valence-electron chi connectivity index (χ1n) is 6.29. The Morgan fingerprint density at radius 3 is 2.53 bits per heavy atom. The Morgan fingerprint density at radius 1 is 1.26 bits per heavy atom. The van der Waals surface area contributed by atoms with E-state index in [1.54, 1.807) is 12.1 Å². The normalized spacial score (nSPS) is 10.3. The van der Waals surface area contributed by atoms with Gasteiger partial charge in [-0.05, 0) is 37.0 Å². The lowest BCUT2D eigenvalue weighted by molar-refractivity contribution is -0.136. The van der Waals surface area contributed by atoms with Crippen LogP contribution in [0.15, 0.2) is 18.2 Å². The zero-order valence-electron chi connectivity index (χ0n) is 11.5. The highest BCUT2D eigenvalue weighted by molar-refractivity contribution is 6.39. The van der Waals surface area contributed by atoms with Crippen molar-refractivity contribution in [1.82, 2.24) is 5.32 Å². The van der Waals surface area contributed by atoms with Crippen LogP contribution in [0.25, 0.3) is 0 Å². The highest BCUT2D eigenvalue weighted by atomic mass is 16.3. The number of nitrogens with one attached hydrogen (secondary N) is 2. The molecule has 5 heteroatoms. The summed E-state index contributed by atoms with van der Waals surface area (Å²) < 4.78 is 0. The third-order valence-corrected chi connectivity index (χ3v) is 2.61. The van der Waals surface area contributed by atoms with Crippen LogP contribution in [0.2, 0.25) is 0 Å². The molecule has 0 saturated heterocycles.